The Morgan fingerprint density at radius 1 is 1.20 bits per heavy atom. The van der Waals surface area contributed by atoms with Gasteiger partial charge in [-0.3, -0.25) is 14.9 Å². The maximum atomic E-state index is 6.17. The van der Waals surface area contributed by atoms with E-state index in [0.29, 0.717) is 0 Å². The summed E-state index contributed by atoms with van der Waals surface area (Å²) in [4.78, 5) is 10.7. The number of aromatic nitrogens is 2. The van der Waals surface area contributed by atoms with Crippen molar-refractivity contribution >= 4 is 11.6 Å². The molecule has 1 aliphatic rings. The van der Waals surface area contributed by atoms with Crippen LogP contribution in [0.15, 0.2) is 43.0 Å². The van der Waals surface area contributed by atoms with Crippen molar-refractivity contribution < 1.29 is 0 Å². The molecule has 0 aliphatic carbocycles. The fourth-order valence-corrected chi connectivity index (χ4v) is 3.03. The van der Waals surface area contributed by atoms with Gasteiger partial charge in [-0.25, -0.2) is 0 Å². The SMILES string of the molecule is Clc1cnccc1CN1CCC(Cc2cccnc2)C1. The van der Waals surface area contributed by atoms with Crippen LogP contribution >= 0.6 is 11.6 Å². The fourth-order valence-electron chi connectivity index (χ4n) is 2.85. The molecule has 3 heterocycles. The topological polar surface area (TPSA) is 29.0 Å². The van der Waals surface area contributed by atoms with Gasteiger partial charge in [0, 0.05) is 37.9 Å². The highest BCUT2D eigenvalue weighted by Crippen LogP contribution is 2.24. The average molecular weight is 288 g/mol. The lowest BCUT2D eigenvalue weighted by molar-refractivity contribution is 0.316. The smallest absolute Gasteiger partial charge is 0.0634 e. The van der Waals surface area contributed by atoms with Crippen LogP contribution in [0.3, 0.4) is 0 Å². The van der Waals surface area contributed by atoms with Gasteiger partial charge in [0.25, 0.3) is 0 Å². The van der Waals surface area contributed by atoms with E-state index in [9.17, 15) is 0 Å². The maximum absolute atomic E-state index is 6.17. The van der Waals surface area contributed by atoms with E-state index in [-0.39, 0.29) is 0 Å². The molecule has 2 aromatic rings. The highest BCUT2D eigenvalue weighted by atomic mass is 35.5. The molecule has 4 heteroatoms. The Bertz CT molecular complexity index is 559. The molecule has 3 nitrogen and oxygen atoms in total. The van der Waals surface area contributed by atoms with Crippen molar-refractivity contribution in [1.82, 2.24) is 14.9 Å². The molecule has 2 aromatic heterocycles. The molecule has 0 saturated carbocycles. The first-order valence-corrected chi connectivity index (χ1v) is 7.38. The predicted octanol–water partition coefficient (Wildman–Crippen LogP) is 3.19. The Hall–Kier alpha value is -1.45. The Kier molecular flexibility index (Phi) is 4.28. The zero-order valence-corrected chi connectivity index (χ0v) is 12.1. The minimum Gasteiger partial charge on any atom is -0.299 e. The van der Waals surface area contributed by atoms with Crippen LogP contribution in [0.25, 0.3) is 0 Å². The molecule has 1 saturated heterocycles. The van der Waals surface area contributed by atoms with E-state index in [4.69, 9.17) is 11.6 Å². The summed E-state index contributed by atoms with van der Waals surface area (Å²) in [5.41, 5.74) is 2.50. The minimum absolute atomic E-state index is 0.722. The molecular weight excluding hydrogens is 270 g/mol. The summed E-state index contributed by atoms with van der Waals surface area (Å²) >= 11 is 6.17. The molecule has 0 aromatic carbocycles. The second kappa shape index (κ2) is 6.33. The number of halogens is 1. The van der Waals surface area contributed by atoms with Crippen molar-refractivity contribution in [1.29, 1.82) is 0 Å². The Balaban J connectivity index is 1.56. The largest absolute Gasteiger partial charge is 0.299 e. The van der Waals surface area contributed by atoms with Crippen molar-refractivity contribution in [3.63, 3.8) is 0 Å². The van der Waals surface area contributed by atoms with Crippen LogP contribution in [0.5, 0.6) is 0 Å². The zero-order valence-electron chi connectivity index (χ0n) is 11.4. The molecule has 3 rings (SSSR count). The predicted molar refractivity (Wildman–Crippen MR) is 80.6 cm³/mol. The van der Waals surface area contributed by atoms with Crippen LogP contribution in [0, 0.1) is 5.92 Å². The molecule has 1 unspecified atom stereocenters. The van der Waals surface area contributed by atoms with Gasteiger partial charge in [0.1, 0.15) is 0 Å². The second-order valence-electron chi connectivity index (χ2n) is 5.42. The van der Waals surface area contributed by atoms with Gasteiger partial charge in [-0.15, -0.1) is 0 Å². The van der Waals surface area contributed by atoms with Crippen molar-refractivity contribution in [2.75, 3.05) is 13.1 Å². The molecule has 0 radical (unpaired) electrons. The van der Waals surface area contributed by atoms with Gasteiger partial charge < -0.3 is 0 Å². The van der Waals surface area contributed by atoms with Crippen molar-refractivity contribution in [3.8, 4) is 0 Å². The van der Waals surface area contributed by atoms with Gasteiger partial charge in [0.15, 0.2) is 0 Å². The molecule has 1 atom stereocenters. The van der Waals surface area contributed by atoms with Gasteiger partial charge in [-0.2, -0.15) is 0 Å². The van der Waals surface area contributed by atoms with Gasteiger partial charge in [-0.05, 0) is 48.6 Å². The summed E-state index contributed by atoms with van der Waals surface area (Å²) in [5.74, 6) is 0.722. The quantitative estimate of drug-likeness (QED) is 0.865. The van der Waals surface area contributed by atoms with E-state index in [1.165, 1.54) is 17.5 Å². The Morgan fingerprint density at radius 3 is 2.90 bits per heavy atom. The van der Waals surface area contributed by atoms with E-state index < -0.39 is 0 Å². The van der Waals surface area contributed by atoms with Crippen molar-refractivity contribution in [2.24, 2.45) is 5.92 Å². The molecular formula is C16H18ClN3. The molecule has 104 valence electrons. The molecule has 0 spiro atoms. The minimum atomic E-state index is 0.722. The van der Waals surface area contributed by atoms with Gasteiger partial charge in [-0.1, -0.05) is 17.7 Å². The van der Waals surface area contributed by atoms with Crippen LogP contribution in [-0.4, -0.2) is 28.0 Å². The highest BCUT2D eigenvalue weighted by Gasteiger charge is 2.23. The number of likely N-dealkylation sites (tertiary alicyclic amines) is 1. The summed E-state index contributed by atoms with van der Waals surface area (Å²) < 4.78 is 0. The van der Waals surface area contributed by atoms with Crippen LogP contribution in [-0.2, 0) is 13.0 Å². The Labute approximate surface area is 124 Å². The summed E-state index contributed by atoms with van der Waals surface area (Å²) in [6.07, 6.45) is 9.70. The zero-order chi connectivity index (χ0) is 13.8. The lowest BCUT2D eigenvalue weighted by atomic mass is 10.0. The third-order valence-electron chi connectivity index (χ3n) is 3.87. The van der Waals surface area contributed by atoms with E-state index in [1.54, 1.807) is 6.20 Å². The second-order valence-corrected chi connectivity index (χ2v) is 5.83. The van der Waals surface area contributed by atoms with Crippen LogP contribution in [0.4, 0.5) is 0 Å². The summed E-state index contributed by atoms with van der Waals surface area (Å²) in [6, 6.07) is 6.19. The first-order chi connectivity index (χ1) is 9.81. The molecule has 0 N–H and O–H groups in total. The van der Waals surface area contributed by atoms with Gasteiger partial charge in [0.2, 0.25) is 0 Å². The van der Waals surface area contributed by atoms with E-state index in [1.807, 2.05) is 30.7 Å². The summed E-state index contributed by atoms with van der Waals surface area (Å²) in [6.45, 7) is 3.20. The van der Waals surface area contributed by atoms with E-state index >= 15 is 0 Å². The van der Waals surface area contributed by atoms with Crippen LogP contribution in [0.1, 0.15) is 17.5 Å². The van der Waals surface area contributed by atoms with Gasteiger partial charge in [0.05, 0.1) is 5.02 Å². The Morgan fingerprint density at radius 2 is 2.10 bits per heavy atom. The molecule has 1 fully saturated rings. The number of rotatable bonds is 4. The molecule has 1 aliphatic heterocycles. The molecule has 0 amide bonds. The van der Waals surface area contributed by atoms with E-state index in [2.05, 4.69) is 20.9 Å². The average Bonchev–Trinajstić information content (AvgIpc) is 2.90. The standard InChI is InChI=1S/C16H18ClN3/c17-16-10-19-6-3-15(16)12-20-7-4-14(11-20)8-13-2-1-5-18-9-13/h1-3,5-6,9-10,14H,4,7-8,11-12H2. The van der Waals surface area contributed by atoms with Crippen LogP contribution < -0.4 is 0 Å². The maximum Gasteiger partial charge on any atom is 0.0634 e. The third kappa shape index (κ3) is 3.35. The van der Waals surface area contributed by atoms with E-state index in [0.717, 1.165) is 37.0 Å². The lowest BCUT2D eigenvalue weighted by Crippen LogP contribution is -2.20. The van der Waals surface area contributed by atoms with Crippen molar-refractivity contribution in [3.05, 3.63) is 59.1 Å². The monoisotopic (exact) mass is 287 g/mol. The lowest BCUT2D eigenvalue weighted by Gasteiger charge is -2.16. The number of hydrogen-bond donors (Lipinski definition) is 0. The number of nitrogens with zero attached hydrogens (tertiary/aromatic N) is 3. The fraction of sp³-hybridized carbons (Fsp3) is 0.375. The first kappa shape index (κ1) is 13.5. The number of pyridine rings is 2. The molecule has 20 heavy (non-hydrogen) atoms. The summed E-state index contributed by atoms with van der Waals surface area (Å²) in [7, 11) is 0. The summed E-state index contributed by atoms with van der Waals surface area (Å²) in [5, 5.41) is 0.767. The number of hydrogen-bond acceptors (Lipinski definition) is 3. The molecule has 0 bridgehead atoms. The first-order valence-electron chi connectivity index (χ1n) is 7.01. The normalized spacial score (nSPS) is 19.4. The van der Waals surface area contributed by atoms with Crippen LogP contribution in [0.2, 0.25) is 5.02 Å². The van der Waals surface area contributed by atoms with Gasteiger partial charge >= 0.3 is 0 Å². The highest BCUT2D eigenvalue weighted by molar-refractivity contribution is 6.31. The van der Waals surface area contributed by atoms with Crippen molar-refractivity contribution in [2.45, 2.75) is 19.4 Å². The third-order valence-corrected chi connectivity index (χ3v) is 4.21.